The van der Waals surface area contributed by atoms with E-state index in [1.165, 1.54) is 18.4 Å². The van der Waals surface area contributed by atoms with Gasteiger partial charge in [0.2, 0.25) is 5.91 Å². The van der Waals surface area contributed by atoms with Crippen LogP contribution in [0.2, 0.25) is 0 Å². The van der Waals surface area contributed by atoms with Gasteiger partial charge in [-0.25, -0.2) is 15.0 Å². The number of carbonyl (C=O) groups excluding carboxylic acids is 1. The fourth-order valence-corrected chi connectivity index (χ4v) is 4.21. The van der Waals surface area contributed by atoms with E-state index in [0.29, 0.717) is 23.1 Å². The first-order chi connectivity index (χ1) is 16.1. The van der Waals surface area contributed by atoms with Crippen LogP contribution in [0.15, 0.2) is 48.8 Å². The van der Waals surface area contributed by atoms with Gasteiger partial charge in [0, 0.05) is 44.0 Å². The van der Waals surface area contributed by atoms with Crippen LogP contribution in [0.3, 0.4) is 0 Å². The number of rotatable bonds is 6. The van der Waals surface area contributed by atoms with Gasteiger partial charge in [0.15, 0.2) is 0 Å². The lowest BCUT2D eigenvalue weighted by Crippen LogP contribution is -2.35. The lowest BCUT2D eigenvalue weighted by Gasteiger charge is -2.18. The van der Waals surface area contributed by atoms with Gasteiger partial charge in [0.1, 0.15) is 17.5 Å². The average Bonchev–Trinajstić information content (AvgIpc) is 3.58. The first-order valence-electron chi connectivity index (χ1n) is 11.2. The maximum atomic E-state index is 11.3. The number of pyridine rings is 3. The van der Waals surface area contributed by atoms with Crippen molar-refractivity contribution in [2.24, 2.45) is 0 Å². The summed E-state index contributed by atoms with van der Waals surface area (Å²) in [4.78, 5) is 27.3. The number of amides is 1. The van der Waals surface area contributed by atoms with E-state index in [0.717, 1.165) is 36.6 Å². The molecule has 2 N–H and O–H groups in total. The summed E-state index contributed by atoms with van der Waals surface area (Å²) in [5.74, 6) is 2.77. The molecular weight excluding hydrogens is 414 g/mol. The molecular formula is C25H25N7O. The Morgan fingerprint density at radius 2 is 2.00 bits per heavy atom. The van der Waals surface area contributed by atoms with Gasteiger partial charge in [0.25, 0.3) is 0 Å². The van der Waals surface area contributed by atoms with Crippen LogP contribution in [-0.2, 0) is 4.79 Å². The van der Waals surface area contributed by atoms with Crippen molar-refractivity contribution in [2.75, 3.05) is 23.3 Å². The zero-order valence-corrected chi connectivity index (χ0v) is 18.5. The number of hydrogen-bond acceptors (Lipinski definition) is 7. The van der Waals surface area contributed by atoms with Gasteiger partial charge in [-0.3, -0.25) is 4.79 Å². The molecule has 0 spiro atoms. The van der Waals surface area contributed by atoms with Crippen molar-refractivity contribution in [2.45, 2.75) is 38.1 Å². The molecule has 1 atom stereocenters. The van der Waals surface area contributed by atoms with Gasteiger partial charge in [-0.15, -0.1) is 0 Å². The minimum Gasteiger partial charge on any atom is -0.354 e. The first-order valence-corrected chi connectivity index (χ1v) is 11.2. The van der Waals surface area contributed by atoms with Crippen molar-refractivity contribution >= 4 is 23.4 Å². The van der Waals surface area contributed by atoms with Crippen LogP contribution in [0.5, 0.6) is 0 Å². The number of nitrogens with zero attached hydrogens (tertiary/aromatic N) is 5. The smallest absolute Gasteiger partial charge is 0.217 e. The summed E-state index contributed by atoms with van der Waals surface area (Å²) < 4.78 is 0. The van der Waals surface area contributed by atoms with E-state index in [4.69, 9.17) is 10.2 Å². The van der Waals surface area contributed by atoms with Crippen molar-refractivity contribution in [1.82, 2.24) is 20.3 Å². The highest BCUT2D eigenvalue weighted by molar-refractivity contribution is 5.73. The van der Waals surface area contributed by atoms with Crippen molar-refractivity contribution in [1.29, 1.82) is 5.26 Å². The Bertz CT molecular complexity index is 1210. The van der Waals surface area contributed by atoms with Gasteiger partial charge < -0.3 is 15.5 Å². The number of hydrogen-bond donors (Lipinski definition) is 2. The third-order valence-corrected chi connectivity index (χ3v) is 6.00. The summed E-state index contributed by atoms with van der Waals surface area (Å²) in [6.07, 6.45) is 6.77. The second-order valence-corrected chi connectivity index (χ2v) is 8.65. The highest BCUT2D eigenvalue weighted by atomic mass is 16.1. The lowest BCUT2D eigenvalue weighted by atomic mass is 10.1. The van der Waals surface area contributed by atoms with Crippen LogP contribution < -0.4 is 15.5 Å². The zero-order chi connectivity index (χ0) is 22.8. The van der Waals surface area contributed by atoms with E-state index in [2.05, 4.69) is 43.7 Å². The van der Waals surface area contributed by atoms with Gasteiger partial charge >= 0.3 is 0 Å². The molecule has 8 nitrogen and oxygen atoms in total. The summed E-state index contributed by atoms with van der Waals surface area (Å²) >= 11 is 0. The monoisotopic (exact) mass is 439 g/mol. The number of nitrogens with one attached hydrogen (secondary N) is 2. The van der Waals surface area contributed by atoms with Crippen LogP contribution in [0.1, 0.15) is 43.2 Å². The van der Waals surface area contributed by atoms with Gasteiger partial charge in [-0.1, -0.05) is 0 Å². The van der Waals surface area contributed by atoms with Crippen LogP contribution in [0.4, 0.5) is 17.5 Å². The fraction of sp³-hybridized carbons (Fsp3) is 0.320. The fourth-order valence-electron chi connectivity index (χ4n) is 4.21. The molecule has 1 aliphatic carbocycles. The molecule has 3 aromatic rings. The summed E-state index contributed by atoms with van der Waals surface area (Å²) in [5.41, 5.74) is 3.60. The molecule has 8 heteroatoms. The van der Waals surface area contributed by atoms with E-state index in [-0.39, 0.29) is 11.9 Å². The molecule has 5 rings (SSSR count). The standard InChI is InChI=1S/C25H25N7O/c1-16(33)29-21-7-9-32(15-21)25-5-4-19(14-28-25)22-11-20(18-2-3-18)12-24(30-22)31-23-10-17(13-26)6-8-27-23/h4-6,8,10-12,14,18,21H,2-3,7,9,15H2,1H3,(H,29,33)(H,27,30,31). The molecule has 1 saturated heterocycles. The molecule has 4 heterocycles. The maximum Gasteiger partial charge on any atom is 0.217 e. The molecule has 1 amide bonds. The Balaban J connectivity index is 1.37. The van der Waals surface area contributed by atoms with Crippen LogP contribution >= 0.6 is 0 Å². The van der Waals surface area contributed by atoms with Crippen LogP contribution in [0.25, 0.3) is 11.3 Å². The molecule has 2 aliphatic rings. The number of aromatic nitrogens is 3. The highest BCUT2D eigenvalue weighted by Gasteiger charge is 2.26. The van der Waals surface area contributed by atoms with Gasteiger partial charge in [-0.2, -0.15) is 5.26 Å². The van der Waals surface area contributed by atoms with Crippen molar-refractivity contribution in [3.8, 4) is 17.3 Å². The highest BCUT2D eigenvalue weighted by Crippen LogP contribution is 2.42. The predicted octanol–water partition coefficient (Wildman–Crippen LogP) is 3.75. The van der Waals surface area contributed by atoms with Crippen LogP contribution in [-0.4, -0.2) is 40.0 Å². The predicted molar refractivity (Wildman–Crippen MR) is 126 cm³/mol. The summed E-state index contributed by atoms with van der Waals surface area (Å²) in [7, 11) is 0. The first kappa shape index (κ1) is 20.9. The minimum atomic E-state index is 0.00531. The number of nitriles is 1. The molecule has 0 aromatic carbocycles. The summed E-state index contributed by atoms with van der Waals surface area (Å²) in [6, 6.07) is 14.0. The van der Waals surface area contributed by atoms with Crippen molar-refractivity contribution in [3.05, 3.63) is 59.9 Å². The Hall–Kier alpha value is -3.99. The third kappa shape index (κ3) is 4.93. The summed E-state index contributed by atoms with van der Waals surface area (Å²) in [5, 5.41) is 15.4. The van der Waals surface area contributed by atoms with Crippen molar-refractivity contribution in [3.63, 3.8) is 0 Å². The minimum absolute atomic E-state index is 0.00531. The Labute approximate surface area is 192 Å². The summed E-state index contributed by atoms with van der Waals surface area (Å²) in [6.45, 7) is 3.19. The largest absolute Gasteiger partial charge is 0.354 e. The SMILES string of the molecule is CC(=O)NC1CCN(c2ccc(-c3cc(C4CC4)cc(Nc4cc(C#N)ccn4)n3)cn2)C1. The third-order valence-electron chi connectivity index (χ3n) is 6.00. The molecule has 0 radical (unpaired) electrons. The number of carbonyl (C=O) groups is 1. The molecule has 1 unspecified atom stereocenters. The van der Waals surface area contributed by atoms with E-state index < -0.39 is 0 Å². The van der Waals surface area contributed by atoms with Crippen molar-refractivity contribution < 1.29 is 4.79 Å². The van der Waals surface area contributed by atoms with Gasteiger partial charge in [0.05, 0.1) is 17.3 Å². The molecule has 1 aliphatic heterocycles. The molecule has 2 fully saturated rings. The lowest BCUT2D eigenvalue weighted by molar-refractivity contribution is -0.119. The zero-order valence-electron chi connectivity index (χ0n) is 18.5. The molecule has 1 saturated carbocycles. The average molecular weight is 440 g/mol. The van der Waals surface area contributed by atoms with Gasteiger partial charge in [-0.05, 0) is 67.1 Å². The maximum absolute atomic E-state index is 11.3. The van der Waals surface area contributed by atoms with E-state index in [1.807, 2.05) is 18.3 Å². The topological polar surface area (TPSA) is 107 Å². The van der Waals surface area contributed by atoms with E-state index in [1.54, 1.807) is 25.3 Å². The Morgan fingerprint density at radius 3 is 2.73 bits per heavy atom. The Kier molecular flexibility index (Phi) is 5.61. The second-order valence-electron chi connectivity index (χ2n) is 8.65. The second kappa shape index (κ2) is 8.87. The molecule has 33 heavy (non-hydrogen) atoms. The normalized spacial score (nSPS) is 17.5. The molecule has 166 valence electrons. The quantitative estimate of drug-likeness (QED) is 0.602. The van der Waals surface area contributed by atoms with Crippen LogP contribution in [0, 0.1) is 11.3 Å². The molecule has 3 aromatic heterocycles. The molecule has 0 bridgehead atoms. The Morgan fingerprint density at radius 1 is 1.12 bits per heavy atom. The van der Waals surface area contributed by atoms with E-state index >= 15 is 0 Å². The number of anilines is 3. The van der Waals surface area contributed by atoms with E-state index in [9.17, 15) is 4.79 Å².